The minimum absolute atomic E-state index is 0.00752. The number of amides is 1. The summed E-state index contributed by atoms with van der Waals surface area (Å²) in [5.41, 5.74) is 0.814. The van der Waals surface area contributed by atoms with E-state index in [1.807, 2.05) is 6.92 Å². The molecule has 0 saturated carbocycles. The zero-order chi connectivity index (χ0) is 16.3. The van der Waals surface area contributed by atoms with Gasteiger partial charge in [-0.1, -0.05) is 6.07 Å². The van der Waals surface area contributed by atoms with Crippen molar-refractivity contribution < 1.29 is 17.9 Å². The van der Waals surface area contributed by atoms with Crippen LogP contribution in [-0.2, 0) is 14.9 Å². The Morgan fingerprint density at radius 3 is 2.77 bits per heavy atom. The van der Waals surface area contributed by atoms with Gasteiger partial charge < -0.3 is 9.64 Å². The molecule has 1 amide bonds. The molecule has 7 nitrogen and oxygen atoms in total. The van der Waals surface area contributed by atoms with Crippen LogP contribution in [0.2, 0.25) is 0 Å². The highest BCUT2D eigenvalue weighted by molar-refractivity contribution is 7.90. The van der Waals surface area contributed by atoms with Crippen LogP contribution in [0.3, 0.4) is 0 Å². The lowest BCUT2D eigenvalue weighted by Crippen LogP contribution is -2.44. The summed E-state index contributed by atoms with van der Waals surface area (Å²) in [6.07, 6.45) is 0.00752. The molecule has 1 unspecified atom stereocenters. The zero-order valence-electron chi connectivity index (χ0n) is 12.9. The van der Waals surface area contributed by atoms with Gasteiger partial charge in [-0.3, -0.25) is 9.52 Å². The van der Waals surface area contributed by atoms with E-state index in [4.69, 9.17) is 4.74 Å². The Balaban J connectivity index is 2.16. The number of ether oxygens (including phenoxy) is 1. The molecule has 8 heteroatoms. The van der Waals surface area contributed by atoms with E-state index in [1.54, 1.807) is 29.2 Å². The standard InChI is InChI=1S/C14H21N3O4S/c1-11-10-17(7-8-21-11)14(18)12-5-4-6-13(9-12)15-22(19,20)16(2)3/h4-6,9,11,15H,7-8,10H2,1-3H3. The molecular weight excluding hydrogens is 306 g/mol. The summed E-state index contributed by atoms with van der Waals surface area (Å²) >= 11 is 0. The molecule has 22 heavy (non-hydrogen) atoms. The summed E-state index contributed by atoms with van der Waals surface area (Å²) in [4.78, 5) is 14.2. The normalized spacial score (nSPS) is 19.3. The van der Waals surface area contributed by atoms with E-state index in [2.05, 4.69) is 4.72 Å². The molecule has 1 aliphatic rings. The smallest absolute Gasteiger partial charge is 0.301 e. The van der Waals surface area contributed by atoms with Crippen molar-refractivity contribution in [3.05, 3.63) is 29.8 Å². The third kappa shape index (κ3) is 3.96. The lowest BCUT2D eigenvalue weighted by Gasteiger charge is -2.31. The second-order valence-electron chi connectivity index (χ2n) is 5.40. The van der Waals surface area contributed by atoms with Crippen LogP contribution in [0.25, 0.3) is 0 Å². The predicted molar refractivity (Wildman–Crippen MR) is 84.0 cm³/mol. The molecule has 0 spiro atoms. The van der Waals surface area contributed by atoms with Gasteiger partial charge in [0.1, 0.15) is 0 Å². The predicted octanol–water partition coefficient (Wildman–Crippen LogP) is 0.766. The Labute approximate surface area is 131 Å². The van der Waals surface area contributed by atoms with Crippen LogP contribution in [0.4, 0.5) is 5.69 Å². The first-order valence-electron chi connectivity index (χ1n) is 7.01. The quantitative estimate of drug-likeness (QED) is 0.886. The number of rotatable bonds is 4. The van der Waals surface area contributed by atoms with E-state index in [0.29, 0.717) is 30.9 Å². The Kier molecular flexibility index (Phi) is 5.05. The maximum atomic E-state index is 12.5. The van der Waals surface area contributed by atoms with Crippen LogP contribution in [-0.4, -0.2) is 63.4 Å². The monoisotopic (exact) mass is 327 g/mol. The third-order valence-electron chi connectivity index (χ3n) is 3.37. The van der Waals surface area contributed by atoms with Gasteiger partial charge in [-0.05, 0) is 25.1 Å². The summed E-state index contributed by atoms with van der Waals surface area (Å²) in [6, 6.07) is 6.49. The first-order valence-corrected chi connectivity index (χ1v) is 8.45. The highest BCUT2D eigenvalue weighted by Crippen LogP contribution is 2.16. The van der Waals surface area contributed by atoms with Gasteiger partial charge in [0.05, 0.1) is 18.4 Å². The SMILES string of the molecule is CC1CN(C(=O)c2cccc(NS(=O)(=O)N(C)C)c2)CCO1. The molecule has 1 N–H and O–H groups in total. The topological polar surface area (TPSA) is 79.0 Å². The van der Waals surface area contributed by atoms with E-state index in [1.165, 1.54) is 14.1 Å². The summed E-state index contributed by atoms with van der Waals surface area (Å²) in [5, 5.41) is 0. The van der Waals surface area contributed by atoms with Gasteiger partial charge in [0, 0.05) is 32.7 Å². The fourth-order valence-electron chi connectivity index (χ4n) is 2.14. The van der Waals surface area contributed by atoms with E-state index in [0.717, 1.165) is 4.31 Å². The average Bonchev–Trinajstić information content (AvgIpc) is 2.46. The van der Waals surface area contributed by atoms with Crippen molar-refractivity contribution in [3.63, 3.8) is 0 Å². The van der Waals surface area contributed by atoms with Crippen molar-refractivity contribution in [2.45, 2.75) is 13.0 Å². The molecule has 0 radical (unpaired) electrons. The molecular formula is C14H21N3O4S. The Morgan fingerprint density at radius 2 is 2.14 bits per heavy atom. The van der Waals surface area contributed by atoms with Crippen LogP contribution >= 0.6 is 0 Å². The van der Waals surface area contributed by atoms with Gasteiger partial charge in [0.15, 0.2) is 0 Å². The number of benzene rings is 1. The first kappa shape index (κ1) is 16.7. The minimum atomic E-state index is -3.59. The van der Waals surface area contributed by atoms with Gasteiger partial charge in [0.2, 0.25) is 0 Å². The van der Waals surface area contributed by atoms with Crippen molar-refractivity contribution >= 4 is 21.8 Å². The molecule has 0 bridgehead atoms. The number of nitrogens with zero attached hydrogens (tertiary/aromatic N) is 2. The van der Waals surface area contributed by atoms with Crippen molar-refractivity contribution in [1.82, 2.24) is 9.21 Å². The van der Waals surface area contributed by atoms with Crippen LogP contribution in [0.5, 0.6) is 0 Å². The van der Waals surface area contributed by atoms with Crippen molar-refractivity contribution in [2.24, 2.45) is 0 Å². The molecule has 1 saturated heterocycles. The molecule has 122 valence electrons. The molecule has 0 aliphatic carbocycles. The van der Waals surface area contributed by atoms with E-state index in [-0.39, 0.29) is 12.0 Å². The molecule has 1 fully saturated rings. The van der Waals surface area contributed by atoms with Gasteiger partial charge in [0.25, 0.3) is 5.91 Å². The maximum Gasteiger partial charge on any atom is 0.301 e. The molecule has 1 aromatic carbocycles. The minimum Gasteiger partial charge on any atom is -0.375 e. The number of hydrogen-bond acceptors (Lipinski definition) is 4. The van der Waals surface area contributed by atoms with E-state index >= 15 is 0 Å². The highest BCUT2D eigenvalue weighted by atomic mass is 32.2. The lowest BCUT2D eigenvalue weighted by atomic mass is 10.1. The first-order chi connectivity index (χ1) is 10.3. The summed E-state index contributed by atoms with van der Waals surface area (Å²) in [6.45, 7) is 3.50. The molecule has 0 aromatic heterocycles. The van der Waals surface area contributed by atoms with Crippen molar-refractivity contribution in [1.29, 1.82) is 0 Å². The Bertz CT molecular complexity index is 645. The molecule has 1 aromatic rings. The van der Waals surface area contributed by atoms with Gasteiger partial charge in [-0.15, -0.1) is 0 Å². The van der Waals surface area contributed by atoms with Crippen molar-refractivity contribution in [2.75, 3.05) is 38.5 Å². The van der Waals surface area contributed by atoms with E-state index in [9.17, 15) is 13.2 Å². The Hall–Kier alpha value is -1.64. The maximum absolute atomic E-state index is 12.5. The molecule has 1 heterocycles. The second kappa shape index (κ2) is 6.64. The molecule has 1 atom stereocenters. The van der Waals surface area contributed by atoms with Crippen LogP contribution in [0.15, 0.2) is 24.3 Å². The highest BCUT2D eigenvalue weighted by Gasteiger charge is 2.23. The summed E-state index contributed by atoms with van der Waals surface area (Å²) in [5.74, 6) is -0.124. The zero-order valence-corrected chi connectivity index (χ0v) is 13.8. The van der Waals surface area contributed by atoms with Crippen molar-refractivity contribution in [3.8, 4) is 0 Å². The number of anilines is 1. The third-order valence-corrected chi connectivity index (χ3v) is 4.82. The van der Waals surface area contributed by atoms with Gasteiger partial charge >= 0.3 is 10.2 Å². The average molecular weight is 327 g/mol. The summed E-state index contributed by atoms with van der Waals surface area (Å²) in [7, 11) is -0.715. The van der Waals surface area contributed by atoms with Crippen LogP contribution in [0, 0.1) is 0 Å². The largest absolute Gasteiger partial charge is 0.375 e. The number of carbonyl (C=O) groups excluding carboxylic acids is 1. The summed E-state index contributed by atoms with van der Waals surface area (Å²) < 4.78 is 32.6. The van der Waals surface area contributed by atoms with Gasteiger partial charge in [-0.2, -0.15) is 12.7 Å². The van der Waals surface area contributed by atoms with Crippen LogP contribution < -0.4 is 4.72 Å². The number of hydrogen-bond donors (Lipinski definition) is 1. The molecule has 1 aliphatic heterocycles. The fraction of sp³-hybridized carbons (Fsp3) is 0.500. The lowest BCUT2D eigenvalue weighted by molar-refractivity contribution is -0.0124. The second-order valence-corrected chi connectivity index (χ2v) is 7.29. The number of morpholine rings is 1. The van der Waals surface area contributed by atoms with E-state index < -0.39 is 10.2 Å². The molecule has 2 rings (SSSR count). The fourth-order valence-corrected chi connectivity index (χ4v) is 2.75. The van der Waals surface area contributed by atoms with Gasteiger partial charge in [-0.25, -0.2) is 0 Å². The number of nitrogens with one attached hydrogen (secondary N) is 1. The number of carbonyl (C=O) groups is 1. The Morgan fingerprint density at radius 1 is 1.41 bits per heavy atom. The van der Waals surface area contributed by atoms with Crippen LogP contribution in [0.1, 0.15) is 17.3 Å².